The van der Waals surface area contributed by atoms with Crippen molar-refractivity contribution in [3.8, 4) is 34.5 Å². The van der Waals surface area contributed by atoms with Gasteiger partial charge in [-0.25, -0.2) is 43.3 Å². The van der Waals surface area contributed by atoms with Crippen LogP contribution in [0.3, 0.4) is 0 Å². The number of aliphatic hydroxyl groups is 2. The van der Waals surface area contributed by atoms with E-state index < -0.39 is 51.1 Å². The molecule has 762 valence electrons. The van der Waals surface area contributed by atoms with Crippen molar-refractivity contribution in [2.45, 2.75) is 17.6 Å². The molecule has 5 heterocycles. The molecule has 13 aromatic rings. The number of alkyl halides is 2. The van der Waals surface area contributed by atoms with Crippen LogP contribution in [-0.4, -0.2) is 223 Å². The number of hydrogen-bond acceptors (Lipinski definition) is 24. The van der Waals surface area contributed by atoms with E-state index in [1.165, 1.54) is 34.6 Å². The van der Waals surface area contributed by atoms with Crippen molar-refractivity contribution in [2.24, 2.45) is 0 Å². The number of aliphatic hydroxyl groups excluding tert-OH is 2. The van der Waals surface area contributed by atoms with Crippen LogP contribution in [0.25, 0.3) is 70.7 Å². The Labute approximate surface area is 894 Å². The van der Waals surface area contributed by atoms with Crippen molar-refractivity contribution in [2.75, 3.05) is 183 Å². The molecular weight excluding hydrogens is 2300 g/mol. The molecule has 13 aromatic carbocycles. The number of aromatic hydroxyl groups is 1. The molecule has 43 heteroatoms. The summed E-state index contributed by atoms with van der Waals surface area (Å²) in [4.78, 5) is 49.3. The molecule has 1 atom stereocenters. The van der Waals surface area contributed by atoms with Crippen LogP contribution in [0, 0.1) is 27.6 Å². The summed E-state index contributed by atoms with van der Waals surface area (Å²) in [6, 6.07) is 62.7. The van der Waals surface area contributed by atoms with Crippen LogP contribution in [0.4, 0.5) is 30.2 Å². The van der Waals surface area contributed by atoms with Crippen LogP contribution in [0.2, 0.25) is 0 Å². The Morgan fingerprint density at radius 3 is 1.11 bits per heavy atom. The molecule has 5 saturated heterocycles. The molecule has 18 rings (SSSR count). The Hall–Kier alpha value is -7.11. The summed E-state index contributed by atoms with van der Waals surface area (Å²) in [6.45, 7) is 14.2. The number of ether oxygens (including phenoxy) is 13. The third-order valence-electron chi connectivity index (χ3n) is 20.8. The van der Waals surface area contributed by atoms with Gasteiger partial charge in [0.25, 0.3) is 0 Å². The Morgan fingerprint density at radius 1 is 0.437 bits per heavy atom. The molecule has 0 aromatic heterocycles. The minimum atomic E-state index is -3.11. The number of nitro groups is 1. The zero-order valence-corrected chi connectivity index (χ0v) is 93.1. The molecule has 142 heavy (non-hydrogen) atoms. The summed E-state index contributed by atoms with van der Waals surface area (Å²) < 4.78 is 110. The van der Waals surface area contributed by atoms with Crippen molar-refractivity contribution in [1.29, 1.82) is 0 Å². The second-order valence-electron chi connectivity index (χ2n) is 29.3. The molecule has 0 amide bonds. The van der Waals surface area contributed by atoms with Gasteiger partial charge < -0.3 is 91.6 Å². The first-order chi connectivity index (χ1) is 68.2. The number of carbonyl (C=O) groups is 3. The molecular formula is C99H103AlBr3Cl9F3N4O21PTi. The third-order valence-corrected chi connectivity index (χ3v) is 22.6. The van der Waals surface area contributed by atoms with Gasteiger partial charge in [0.1, 0.15) is 40.3 Å². The monoisotopic (exact) mass is 2400 g/mol. The summed E-state index contributed by atoms with van der Waals surface area (Å²) in [5, 5.41) is 46.7. The number of rotatable bonds is 17. The van der Waals surface area contributed by atoms with E-state index in [1.54, 1.807) is 47.7 Å². The number of aldehydes is 3. The zero-order valence-electron chi connectivity index (χ0n) is 77.7. The molecule has 1 unspecified atom stereocenters. The normalized spacial score (nSPS) is 13.8. The Bertz CT molecular complexity index is 6240. The van der Waals surface area contributed by atoms with Crippen LogP contribution < -0.4 is 38.4 Å². The Balaban J connectivity index is 0.000000219. The van der Waals surface area contributed by atoms with Gasteiger partial charge in [-0.05, 0) is 186 Å². The second-order valence-corrected chi connectivity index (χ2v) is 55.0. The standard InChI is InChI=1S/C18H21NO4.C16H17NO3.C15H15NO3.C14H13BrO3.C12H9BrO2.C11H9BrO.C8H4F3NO2.C2H4Cl2O.C2H6O2.CH5P.Al.7ClH.Ti/c1-20-16-5-2-13-12-14(19-6-8-21-9-7-19)3-4-15(13)17(16)18-22-10-11-23-18;1-19-16-5-2-12-10-13(17-6-8-20-9-7-17)3-4-14(12)15(16)11-18;17-10-14-13-3-2-12(16-5-7-19-8-6-16)9-11(13)1-4-15(14)18;1-16-12-5-2-9-8-10(15)3-4-11(9)13(12)14-17-6-7-18-14;1-15-12-5-2-8-6-9(13)3-4-10(8)11(12)7-14;1-13-11-5-3-8-6-10(12)4-2-9(8)7-11;9-6-4-8(11)7(10)3-5(6)1-2-12(13)14;1-5-2(3)4;3-1-2-4;1-2;;;;;;;;;/h2-5,12,18H,6-11H2,1H3;2-5,10-11H,6-9H2,1H3;1-4,9-10,18H,5-8H2;2-5,8,14H,6-7H2,1H3;2-7H,1H3;2-7H,1H3;1-4H;2H,1H3;3-4H,1-2H2;2H2,1H3;;7*1H;/q;;;;;;;;;;+3;;;;;;;;+4/p-7/b;;;;;;2-1+;;;;;;;;;;;;. The zero-order chi connectivity index (χ0) is 104. The minimum absolute atomic E-state index is 0.0293. The molecule has 5 fully saturated rings. The number of nitrogens with zero attached hydrogens (tertiary/aromatic N) is 4. The fourth-order valence-corrected chi connectivity index (χ4v) is 15.5. The Kier molecular flexibility index (Phi) is 55.7. The van der Waals surface area contributed by atoms with E-state index in [9.17, 15) is 42.8 Å². The maximum atomic E-state index is 12.8. The van der Waals surface area contributed by atoms with Crippen LogP contribution in [0.1, 0.15) is 60.3 Å². The number of carbonyl (C=O) groups excluding carboxylic acids is 3. The number of halogens is 15. The number of fused-ring (bicyclic) bond motifs is 6. The van der Waals surface area contributed by atoms with E-state index in [2.05, 4.69) is 143 Å². The van der Waals surface area contributed by atoms with Crippen molar-refractivity contribution < 1.29 is 122 Å². The van der Waals surface area contributed by atoms with Crippen LogP contribution in [0.15, 0.2) is 220 Å². The van der Waals surface area contributed by atoms with Gasteiger partial charge in [-0.1, -0.05) is 150 Å². The van der Waals surface area contributed by atoms with E-state index in [1.807, 2.05) is 116 Å². The first-order valence-corrected chi connectivity index (χ1v) is 61.3. The van der Waals surface area contributed by atoms with E-state index in [-0.39, 0.29) is 37.1 Å². The van der Waals surface area contributed by atoms with Crippen LogP contribution >= 0.6 is 148 Å². The van der Waals surface area contributed by atoms with Gasteiger partial charge in [0.15, 0.2) is 43.1 Å². The van der Waals surface area contributed by atoms with Gasteiger partial charge in [-0.15, -0.1) is 9.24 Å². The van der Waals surface area contributed by atoms with E-state index in [0.717, 1.165) is 194 Å². The van der Waals surface area contributed by atoms with E-state index in [4.69, 9.17) is 158 Å². The van der Waals surface area contributed by atoms with Gasteiger partial charge >= 0.3 is 60.9 Å². The first kappa shape index (κ1) is 122. The van der Waals surface area contributed by atoms with Gasteiger partial charge in [-0.2, -0.15) is 0 Å². The fraction of sp³-hybridized carbons (Fsp3) is 0.283. The molecule has 0 aliphatic carbocycles. The number of benzene rings is 13. The van der Waals surface area contributed by atoms with E-state index in [0.29, 0.717) is 79.2 Å². The number of hydrogen-bond donors (Lipinski definition) is 3. The van der Waals surface area contributed by atoms with Crippen molar-refractivity contribution in [3.05, 3.63) is 281 Å². The van der Waals surface area contributed by atoms with Crippen molar-refractivity contribution in [3.63, 3.8) is 0 Å². The van der Waals surface area contributed by atoms with Crippen LogP contribution in [-0.2, 0) is 50.2 Å². The molecule has 5 aliphatic heterocycles. The second kappa shape index (κ2) is 64.9. The summed E-state index contributed by atoms with van der Waals surface area (Å²) in [6.07, 6.45) is 2.90. The maximum absolute atomic E-state index is 12.8. The summed E-state index contributed by atoms with van der Waals surface area (Å²) in [5.41, 5.74) is 6.66. The average Bonchev–Trinajstić information content (AvgIpc) is 1.61. The molecule has 25 nitrogen and oxygen atoms in total. The van der Waals surface area contributed by atoms with Gasteiger partial charge in [0.05, 0.1) is 148 Å². The van der Waals surface area contributed by atoms with Gasteiger partial charge in [0, 0.05) is 94.6 Å². The van der Waals surface area contributed by atoms with Crippen molar-refractivity contribution in [1.82, 2.24) is 0 Å². The number of phenolic OH excluding ortho intramolecular Hbond substituents is 1. The molecule has 0 radical (unpaired) electrons. The van der Waals surface area contributed by atoms with E-state index >= 15 is 0 Å². The SMILES string of the molecule is COC(Cl)Cl.COc1ccc2cc(Br)ccc2c1.COc1ccc2cc(Br)ccc2c1C1OCCO1.COc1ccc2cc(Br)ccc2c1C=O.COc1ccc2cc(N3CCOCC3)ccc2c1C1OCCO1.COc1ccc2cc(N3CCOCC3)ccc2c1C=O.CP.O=Cc1c(O)ccc2cc(N3CCOCC3)ccc12.O=[N+]([O-])/C=C/c1cc(F)c(F)cc1F.OCCO.[Cl][Al]([Cl])[Cl].[Cl][Ti]([Cl])([Cl])[Cl]. The predicted molar refractivity (Wildman–Crippen MR) is 577 cm³/mol. The predicted octanol–water partition coefficient (Wildman–Crippen LogP) is 25.8. The summed E-state index contributed by atoms with van der Waals surface area (Å²) in [5.74, 6) is 0.125. The Morgan fingerprint density at radius 2 is 0.739 bits per heavy atom. The third kappa shape index (κ3) is 39.2. The summed E-state index contributed by atoms with van der Waals surface area (Å²) in [7, 11) is 46.9. The number of morpholine rings is 3. The van der Waals surface area contributed by atoms with Crippen molar-refractivity contribution >= 4 is 266 Å². The van der Waals surface area contributed by atoms with Gasteiger partial charge in [-0.3, -0.25) is 24.5 Å². The fourth-order valence-electron chi connectivity index (χ4n) is 14.4. The van der Waals surface area contributed by atoms with Crippen LogP contribution in [0.5, 0.6) is 34.5 Å². The average molecular weight is 2410 g/mol. The van der Waals surface area contributed by atoms with Gasteiger partial charge in [0.2, 0.25) is 11.2 Å². The molecule has 3 N–H and O–H groups in total. The quantitative estimate of drug-likeness (QED) is 0.0145. The number of anilines is 3. The molecule has 0 bridgehead atoms. The molecule has 5 aliphatic rings. The topological polar surface area (TPSA) is 285 Å². The molecule has 0 saturated carbocycles. The molecule has 0 spiro atoms. The number of methoxy groups -OCH3 is 6. The summed E-state index contributed by atoms with van der Waals surface area (Å²) >= 11 is 15.5. The first-order valence-electron chi connectivity index (χ1n) is 43.0. The number of phenols is 1.